The SMILES string of the molecule is CCOc1ccc(NC(=O)c2nnn(CC(=O)Nc3cccc(C)c3)c2N)cc1. The maximum atomic E-state index is 12.4. The zero-order chi connectivity index (χ0) is 20.8. The molecule has 0 atom stereocenters. The van der Waals surface area contributed by atoms with E-state index in [1.165, 1.54) is 4.68 Å². The van der Waals surface area contributed by atoms with E-state index in [0.717, 1.165) is 5.56 Å². The van der Waals surface area contributed by atoms with Gasteiger partial charge in [0, 0.05) is 11.4 Å². The van der Waals surface area contributed by atoms with Gasteiger partial charge in [0.05, 0.1) is 6.61 Å². The van der Waals surface area contributed by atoms with Crippen LogP contribution in [0.5, 0.6) is 5.75 Å². The number of benzene rings is 2. The molecule has 0 saturated heterocycles. The predicted molar refractivity (Wildman–Crippen MR) is 110 cm³/mol. The second kappa shape index (κ2) is 8.87. The highest BCUT2D eigenvalue weighted by atomic mass is 16.5. The monoisotopic (exact) mass is 394 g/mol. The summed E-state index contributed by atoms with van der Waals surface area (Å²) in [5.41, 5.74) is 8.16. The molecule has 0 fully saturated rings. The number of nitrogens with two attached hydrogens (primary N) is 1. The van der Waals surface area contributed by atoms with Gasteiger partial charge >= 0.3 is 0 Å². The molecule has 4 N–H and O–H groups in total. The van der Waals surface area contributed by atoms with Gasteiger partial charge in [-0.3, -0.25) is 9.59 Å². The number of aromatic nitrogens is 3. The summed E-state index contributed by atoms with van der Waals surface area (Å²) in [5.74, 6) is -0.133. The fourth-order valence-electron chi connectivity index (χ4n) is 2.65. The Morgan fingerprint density at radius 3 is 2.55 bits per heavy atom. The van der Waals surface area contributed by atoms with Gasteiger partial charge in [0.25, 0.3) is 5.91 Å². The molecule has 9 heteroatoms. The lowest BCUT2D eigenvalue weighted by Crippen LogP contribution is -2.21. The van der Waals surface area contributed by atoms with Crippen LogP contribution in [0.2, 0.25) is 0 Å². The van der Waals surface area contributed by atoms with Crippen LogP contribution in [0.1, 0.15) is 23.0 Å². The molecule has 3 aromatic rings. The molecule has 2 aromatic carbocycles. The summed E-state index contributed by atoms with van der Waals surface area (Å²) >= 11 is 0. The molecule has 29 heavy (non-hydrogen) atoms. The fraction of sp³-hybridized carbons (Fsp3) is 0.200. The van der Waals surface area contributed by atoms with Crippen LogP contribution >= 0.6 is 0 Å². The maximum absolute atomic E-state index is 12.4. The number of amides is 2. The first-order valence-corrected chi connectivity index (χ1v) is 9.06. The molecule has 9 nitrogen and oxygen atoms in total. The minimum atomic E-state index is -0.517. The van der Waals surface area contributed by atoms with Crippen LogP contribution in [0.4, 0.5) is 17.2 Å². The van der Waals surface area contributed by atoms with Crippen LogP contribution in [0, 0.1) is 6.92 Å². The first kappa shape index (κ1) is 19.9. The average molecular weight is 394 g/mol. The molecule has 0 aliphatic heterocycles. The van der Waals surface area contributed by atoms with Crippen molar-refractivity contribution in [3.63, 3.8) is 0 Å². The van der Waals surface area contributed by atoms with E-state index in [0.29, 0.717) is 23.7 Å². The van der Waals surface area contributed by atoms with Crippen molar-refractivity contribution in [1.82, 2.24) is 15.0 Å². The summed E-state index contributed by atoms with van der Waals surface area (Å²) in [7, 11) is 0. The van der Waals surface area contributed by atoms with E-state index in [9.17, 15) is 9.59 Å². The highest BCUT2D eigenvalue weighted by Gasteiger charge is 2.19. The molecule has 3 rings (SSSR count). The number of nitrogen functional groups attached to an aromatic ring is 1. The van der Waals surface area contributed by atoms with Crippen molar-refractivity contribution in [2.45, 2.75) is 20.4 Å². The molecular weight excluding hydrogens is 372 g/mol. The minimum absolute atomic E-state index is 0.00725. The quantitative estimate of drug-likeness (QED) is 0.565. The summed E-state index contributed by atoms with van der Waals surface area (Å²) in [6.45, 7) is 4.22. The fourth-order valence-corrected chi connectivity index (χ4v) is 2.65. The molecule has 0 saturated carbocycles. The Morgan fingerprint density at radius 1 is 1.10 bits per heavy atom. The van der Waals surface area contributed by atoms with E-state index in [2.05, 4.69) is 20.9 Å². The van der Waals surface area contributed by atoms with Gasteiger partial charge in [-0.2, -0.15) is 0 Å². The largest absolute Gasteiger partial charge is 0.494 e. The number of hydrogen-bond acceptors (Lipinski definition) is 6. The van der Waals surface area contributed by atoms with Crippen molar-refractivity contribution in [2.24, 2.45) is 0 Å². The molecule has 0 unspecified atom stereocenters. The topological polar surface area (TPSA) is 124 Å². The Balaban J connectivity index is 1.63. The lowest BCUT2D eigenvalue weighted by Gasteiger charge is -2.07. The van der Waals surface area contributed by atoms with Crippen LogP contribution in [0.3, 0.4) is 0 Å². The van der Waals surface area contributed by atoms with E-state index in [1.54, 1.807) is 30.3 Å². The van der Waals surface area contributed by atoms with Crippen LogP contribution in [0.25, 0.3) is 0 Å². The predicted octanol–water partition coefficient (Wildman–Crippen LogP) is 2.46. The van der Waals surface area contributed by atoms with Crippen molar-refractivity contribution in [2.75, 3.05) is 23.0 Å². The highest BCUT2D eigenvalue weighted by Crippen LogP contribution is 2.17. The van der Waals surface area contributed by atoms with Crippen LogP contribution in [-0.4, -0.2) is 33.4 Å². The van der Waals surface area contributed by atoms with E-state index < -0.39 is 5.91 Å². The third-order valence-electron chi connectivity index (χ3n) is 4.01. The van der Waals surface area contributed by atoms with Gasteiger partial charge < -0.3 is 21.1 Å². The molecule has 0 radical (unpaired) electrons. The number of carbonyl (C=O) groups excluding carboxylic acids is 2. The number of anilines is 3. The molecule has 0 spiro atoms. The summed E-state index contributed by atoms with van der Waals surface area (Å²) < 4.78 is 6.54. The number of nitrogens with one attached hydrogen (secondary N) is 2. The smallest absolute Gasteiger partial charge is 0.280 e. The normalized spacial score (nSPS) is 10.4. The van der Waals surface area contributed by atoms with Gasteiger partial charge in [0.15, 0.2) is 11.5 Å². The van der Waals surface area contributed by atoms with Crippen molar-refractivity contribution >= 4 is 29.0 Å². The van der Waals surface area contributed by atoms with Crippen LogP contribution < -0.4 is 21.1 Å². The molecule has 0 aliphatic rings. The standard InChI is InChI=1S/C20H22N6O3/c1-3-29-16-9-7-14(8-10-16)23-20(28)18-19(21)26(25-24-18)12-17(27)22-15-6-4-5-13(2)11-15/h4-11H,3,12,21H2,1-2H3,(H,22,27)(H,23,28). The number of aryl methyl sites for hydroxylation is 1. The summed E-state index contributed by atoms with van der Waals surface area (Å²) in [6.07, 6.45) is 0. The third-order valence-corrected chi connectivity index (χ3v) is 4.01. The van der Waals surface area contributed by atoms with Crippen molar-refractivity contribution in [1.29, 1.82) is 0 Å². The molecule has 2 amide bonds. The number of rotatable bonds is 7. The van der Waals surface area contributed by atoms with Gasteiger partial charge in [-0.05, 0) is 55.8 Å². The maximum Gasteiger partial charge on any atom is 0.280 e. The zero-order valence-electron chi connectivity index (χ0n) is 16.2. The summed E-state index contributed by atoms with van der Waals surface area (Å²) in [5, 5.41) is 13.1. The summed E-state index contributed by atoms with van der Waals surface area (Å²) in [4.78, 5) is 24.7. The second-order valence-corrected chi connectivity index (χ2v) is 6.31. The number of hydrogen-bond donors (Lipinski definition) is 3. The lowest BCUT2D eigenvalue weighted by atomic mass is 10.2. The Hall–Kier alpha value is -3.88. The highest BCUT2D eigenvalue weighted by molar-refractivity contribution is 6.05. The first-order valence-electron chi connectivity index (χ1n) is 9.06. The number of ether oxygens (including phenoxy) is 1. The molecular formula is C20H22N6O3. The summed E-state index contributed by atoms with van der Waals surface area (Å²) in [6, 6.07) is 14.3. The van der Waals surface area contributed by atoms with Crippen LogP contribution in [0.15, 0.2) is 48.5 Å². The number of nitrogens with zero attached hydrogens (tertiary/aromatic N) is 3. The van der Waals surface area contributed by atoms with E-state index >= 15 is 0 Å². The molecule has 0 bridgehead atoms. The minimum Gasteiger partial charge on any atom is -0.494 e. The van der Waals surface area contributed by atoms with Gasteiger partial charge in [0.1, 0.15) is 12.3 Å². The average Bonchev–Trinajstić information content (AvgIpc) is 3.04. The second-order valence-electron chi connectivity index (χ2n) is 6.31. The van der Waals surface area contributed by atoms with E-state index in [4.69, 9.17) is 10.5 Å². The first-order chi connectivity index (χ1) is 14.0. The van der Waals surface area contributed by atoms with Gasteiger partial charge in [-0.1, -0.05) is 17.3 Å². The van der Waals surface area contributed by atoms with Gasteiger partial charge in [-0.25, -0.2) is 4.68 Å². The van der Waals surface area contributed by atoms with Crippen molar-refractivity contribution in [3.8, 4) is 5.75 Å². The zero-order valence-corrected chi connectivity index (χ0v) is 16.2. The van der Waals surface area contributed by atoms with Gasteiger partial charge in [-0.15, -0.1) is 5.10 Å². The molecule has 0 aliphatic carbocycles. The lowest BCUT2D eigenvalue weighted by molar-refractivity contribution is -0.116. The Bertz CT molecular complexity index is 1010. The van der Waals surface area contributed by atoms with Crippen molar-refractivity contribution < 1.29 is 14.3 Å². The van der Waals surface area contributed by atoms with Crippen LogP contribution in [-0.2, 0) is 11.3 Å². The van der Waals surface area contributed by atoms with E-state index in [-0.39, 0.29) is 24.0 Å². The Labute approximate surface area is 167 Å². The number of carbonyl (C=O) groups is 2. The van der Waals surface area contributed by atoms with Crippen molar-refractivity contribution in [3.05, 3.63) is 59.8 Å². The van der Waals surface area contributed by atoms with Gasteiger partial charge in [0.2, 0.25) is 5.91 Å². The molecule has 150 valence electrons. The Morgan fingerprint density at radius 2 is 1.86 bits per heavy atom. The molecule has 1 aromatic heterocycles. The Kier molecular flexibility index (Phi) is 6.08. The van der Waals surface area contributed by atoms with E-state index in [1.807, 2.05) is 32.0 Å². The third kappa shape index (κ3) is 5.10. The molecule has 1 heterocycles.